The van der Waals surface area contributed by atoms with Crippen LogP contribution in [0.25, 0.3) is 5.76 Å². The summed E-state index contributed by atoms with van der Waals surface area (Å²) in [5.41, 5.74) is 0.701. The van der Waals surface area contributed by atoms with Gasteiger partial charge in [-0.2, -0.15) is 0 Å². The highest BCUT2D eigenvalue weighted by Crippen LogP contribution is 2.15. The minimum absolute atomic E-state index is 0.0241. The van der Waals surface area contributed by atoms with Gasteiger partial charge in [0.25, 0.3) is 0 Å². The maximum Gasteiger partial charge on any atom is 0.159 e. The van der Waals surface area contributed by atoms with Crippen molar-refractivity contribution in [3.05, 3.63) is 42.0 Å². The third kappa shape index (κ3) is 13.6. The lowest BCUT2D eigenvalue weighted by Gasteiger charge is -2.03. The highest BCUT2D eigenvalue weighted by molar-refractivity contribution is 5.95. The predicted octanol–water partition coefficient (Wildman–Crippen LogP) is 8.42. The Morgan fingerprint density at radius 2 is 1.14 bits per heavy atom. The second-order valence-corrected chi connectivity index (χ2v) is 8.06. The van der Waals surface area contributed by atoms with E-state index in [1.54, 1.807) is 0 Å². The molecule has 1 aromatic rings. The molecule has 0 saturated carbocycles. The van der Waals surface area contributed by atoms with Gasteiger partial charge in [-0.1, -0.05) is 127 Å². The Morgan fingerprint density at radius 3 is 1.61 bits per heavy atom. The van der Waals surface area contributed by atoms with E-state index in [4.69, 9.17) is 0 Å². The number of rotatable bonds is 18. The zero-order valence-corrected chi connectivity index (χ0v) is 18.1. The zero-order chi connectivity index (χ0) is 20.3. The Morgan fingerprint density at radius 1 is 0.714 bits per heavy atom. The molecule has 0 aliphatic rings. The Hall–Kier alpha value is -1.57. The molecule has 1 aromatic carbocycles. The molecule has 0 unspecified atom stereocenters. The first-order valence-electron chi connectivity index (χ1n) is 11.7. The molecule has 0 aliphatic carbocycles. The highest BCUT2D eigenvalue weighted by atomic mass is 16.3. The van der Waals surface area contributed by atoms with Crippen LogP contribution in [0.5, 0.6) is 0 Å². The van der Waals surface area contributed by atoms with Gasteiger partial charge in [0, 0.05) is 18.1 Å². The monoisotopic (exact) mass is 386 g/mol. The molecule has 0 aromatic heterocycles. The fourth-order valence-electron chi connectivity index (χ4n) is 3.59. The molecule has 1 rings (SSSR count). The molecule has 1 N–H and O–H groups in total. The van der Waals surface area contributed by atoms with Crippen LogP contribution in [0.2, 0.25) is 0 Å². The Bertz CT molecular complexity index is 518. The van der Waals surface area contributed by atoms with E-state index in [0.29, 0.717) is 12.0 Å². The third-order valence-electron chi connectivity index (χ3n) is 5.39. The van der Waals surface area contributed by atoms with Crippen LogP contribution in [0.1, 0.15) is 115 Å². The Labute approximate surface area is 173 Å². The van der Waals surface area contributed by atoms with Gasteiger partial charge in [0.15, 0.2) is 5.78 Å². The molecular formula is C26H42O2. The van der Waals surface area contributed by atoms with E-state index in [1.165, 1.54) is 89.5 Å². The minimum Gasteiger partial charge on any atom is -0.507 e. The van der Waals surface area contributed by atoms with Gasteiger partial charge in [-0.15, -0.1) is 0 Å². The van der Waals surface area contributed by atoms with Crippen molar-refractivity contribution < 1.29 is 9.90 Å². The van der Waals surface area contributed by atoms with Crippen molar-refractivity contribution in [1.29, 1.82) is 0 Å². The van der Waals surface area contributed by atoms with Crippen molar-refractivity contribution in [3.8, 4) is 0 Å². The molecule has 0 fully saturated rings. The standard InChI is InChI=1S/C26H42O2/c1-2-3-4-5-6-7-8-9-10-11-12-13-14-15-19-22-25(27)23-26(28)24-20-17-16-18-21-24/h16-18,20-21,23,28H,2-15,19,22H2,1H3/b26-23-. The van der Waals surface area contributed by atoms with E-state index in [2.05, 4.69) is 6.92 Å². The van der Waals surface area contributed by atoms with Gasteiger partial charge in [-0.25, -0.2) is 0 Å². The number of carbonyl (C=O) groups excluding carboxylic acids is 1. The number of allylic oxidation sites excluding steroid dienone is 1. The van der Waals surface area contributed by atoms with Crippen molar-refractivity contribution in [3.63, 3.8) is 0 Å². The van der Waals surface area contributed by atoms with E-state index < -0.39 is 0 Å². The van der Waals surface area contributed by atoms with Gasteiger partial charge in [-0.05, 0) is 6.42 Å². The van der Waals surface area contributed by atoms with E-state index in [1.807, 2.05) is 30.3 Å². The molecule has 0 heterocycles. The summed E-state index contributed by atoms with van der Waals surface area (Å²) >= 11 is 0. The number of aliphatic hydroxyl groups excluding tert-OH is 1. The van der Waals surface area contributed by atoms with Gasteiger partial charge < -0.3 is 5.11 Å². The molecule has 2 heteroatoms. The van der Waals surface area contributed by atoms with Gasteiger partial charge >= 0.3 is 0 Å². The van der Waals surface area contributed by atoms with Crippen LogP contribution in [0.4, 0.5) is 0 Å². The Balaban J connectivity index is 1.88. The lowest BCUT2D eigenvalue weighted by molar-refractivity contribution is -0.114. The zero-order valence-electron chi connectivity index (χ0n) is 18.1. The van der Waals surface area contributed by atoms with Crippen LogP contribution in [0.15, 0.2) is 36.4 Å². The molecule has 28 heavy (non-hydrogen) atoms. The summed E-state index contributed by atoms with van der Waals surface area (Å²) in [4.78, 5) is 11.9. The molecule has 0 atom stereocenters. The van der Waals surface area contributed by atoms with E-state index in [-0.39, 0.29) is 11.5 Å². The summed E-state index contributed by atoms with van der Waals surface area (Å²) in [6, 6.07) is 9.24. The lowest BCUT2D eigenvalue weighted by Crippen LogP contribution is -1.95. The smallest absolute Gasteiger partial charge is 0.159 e. The summed E-state index contributed by atoms with van der Waals surface area (Å²) in [7, 11) is 0. The SMILES string of the molecule is CCCCCCCCCCCCCCCCCC(=O)/C=C(\O)c1ccccc1. The number of hydrogen-bond acceptors (Lipinski definition) is 2. The van der Waals surface area contributed by atoms with Crippen LogP contribution in [-0.4, -0.2) is 10.9 Å². The number of unbranched alkanes of at least 4 members (excludes halogenated alkanes) is 14. The summed E-state index contributed by atoms with van der Waals surface area (Å²) in [6.07, 6.45) is 21.8. The number of carbonyl (C=O) groups is 1. The quantitative estimate of drug-likeness (QED) is 0.156. The van der Waals surface area contributed by atoms with Gasteiger partial charge in [-0.3, -0.25) is 4.79 Å². The highest BCUT2D eigenvalue weighted by Gasteiger charge is 2.03. The van der Waals surface area contributed by atoms with Crippen molar-refractivity contribution in [2.75, 3.05) is 0 Å². The first kappa shape index (κ1) is 24.5. The van der Waals surface area contributed by atoms with Crippen LogP contribution in [0, 0.1) is 0 Å². The van der Waals surface area contributed by atoms with Crippen molar-refractivity contribution >= 4 is 11.5 Å². The van der Waals surface area contributed by atoms with Crippen LogP contribution < -0.4 is 0 Å². The van der Waals surface area contributed by atoms with Gasteiger partial charge in [0.2, 0.25) is 0 Å². The number of aliphatic hydroxyl groups is 1. The topological polar surface area (TPSA) is 37.3 Å². The second-order valence-electron chi connectivity index (χ2n) is 8.06. The van der Waals surface area contributed by atoms with Crippen LogP contribution in [0.3, 0.4) is 0 Å². The molecule has 0 bridgehead atoms. The van der Waals surface area contributed by atoms with Gasteiger partial charge in [0.1, 0.15) is 5.76 Å². The average Bonchev–Trinajstić information content (AvgIpc) is 2.71. The normalized spacial score (nSPS) is 11.7. The third-order valence-corrected chi connectivity index (χ3v) is 5.39. The molecule has 0 saturated heterocycles. The first-order valence-corrected chi connectivity index (χ1v) is 11.7. The lowest BCUT2D eigenvalue weighted by atomic mass is 10.0. The van der Waals surface area contributed by atoms with Crippen molar-refractivity contribution in [2.24, 2.45) is 0 Å². The number of benzene rings is 1. The molecular weight excluding hydrogens is 344 g/mol. The van der Waals surface area contributed by atoms with Crippen molar-refractivity contribution in [1.82, 2.24) is 0 Å². The number of ketones is 1. The molecule has 2 nitrogen and oxygen atoms in total. The average molecular weight is 387 g/mol. The van der Waals surface area contributed by atoms with Crippen LogP contribution >= 0.6 is 0 Å². The number of hydrogen-bond donors (Lipinski definition) is 1. The first-order chi connectivity index (χ1) is 13.7. The molecule has 0 amide bonds. The van der Waals surface area contributed by atoms with E-state index >= 15 is 0 Å². The van der Waals surface area contributed by atoms with Gasteiger partial charge in [0.05, 0.1) is 0 Å². The summed E-state index contributed by atoms with van der Waals surface area (Å²) in [6.45, 7) is 2.27. The summed E-state index contributed by atoms with van der Waals surface area (Å²) in [5, 5.41) is 9.96. The molecule has 0 spiro atoms. The summed E-state index contributed by atoms with van der Waals surface area (Å²) in [5.74, 6) is 0.0996. The predicted molar refractivity (Wildman–Crippen MR) is 122 cm³/mol. The molecule has 0 aliphatic heterocycles. The second kappa shape index (κ2) is 17.5. The maximum atomic E-state index is 11.9. The molecule has 158 valence electrons. The largest absolute Gasteiger partial charge is 0.507 e. The summed E-state index contributed by atoms with van der Waals surface area (Å²) < 4.78 is 0. The maximum absolute atomic E-state index is 11.9. The van der Waals surface area contributed by atoms with E-state index in [0.717, 1.165) is 12.8 Å². The minimum atomic E-state index is 0.0241. The van der Waals surface area contributed by atoms with Crippen LogP contribution in [-0.2, 0) is 4.79 Å². The fourth-order valence-corrected chi connectivity index (χ4v) is 3.59. The van der Waals surface area contributed by atoms with E-state index in [9.17, 15) is 9.90 Å². The van der Waals surface area contributed by atoms with Crippen molar-refractivity contribution in [2.45, 2.75) is 110 Å². The molecule has 0 radical (unpaired) electrons. The fraction of sp³-hybridized carbons (Fsp3) is 0.654. The Kier molecular flexibility index (Phi) is 15.3.